The van der Waals surface area contributed by atoms with E-state index in [-0.39, 0.29) is 54.3 Å². The highest BCUT2D eigenvalue weighted by Gasteiger charge is 2.58. The summed E-state index contributed by atoms with van der Waals surface area (Å²) in [7, 11) is 0. The Morgan fingerprint density at radius 3 is 2.34 bits per heavy atom. The smallest absolute Gasteiger partial charge is 0.269 e. The third-order valence-electron chi connectivity index (χ3n) is 13.3. The fraction of sp³-hybridized carbons (Fsp3) is 0.652. The number of nitrogens with zero attached hydrogens (tertiary/aromatic N) is 1. The summed E-state index contributed by atoms with van der Waals surface area (Å²) in [6.45, 7) is 16.3. The average Bonchev–Trinajstić information content (AvgIpc) is 3.41. The molecule has 5 fully saturated rings. The van der Waals surface area contributed by atoms with Crippen molar-refractivity contribution >= 4 is 11.8 Å². The molecular formula is C46H65NO9. The Hall–Kier alpha value is -2.96. The second-order valence-electron chi connectivity index (χ2n) is 17.8. The van der Waals surface area contributed by atoms with E-state index in [2.05, 4.69) is 59.4 Å². The van der Waals surface area contributed by atoms with Crippen LogP contribution in [0.3, 0.4) is 0 Å². The minimum Gasteiger partial charge on any atom is -0.390 e. The van der Waals surface area contributed by atoms with E-state index in [1.807, 2.05) is 25.2 Å². The lowest BCUT2D eigenvalue weighted by Gasteiger charge is -2.49. The van der Waals surface area contributed by atoms with Crippen molar-refractivity contribution in [2.75, 3.05) is 0 Å². The van der Waals surface area contributed by atoms with Crippen molar-refractivity contribution in [1.82, 2.24) is 0 Å². The number of aliphatic hydroxyl groups excluding tert-OH is 1. The first-order chi connectivity index (χ1) is 26.6. The van der Waals surface area contributed by atoms with Gasteiger partial charge in [0, 0.05) is 25.0 Å². The second kappa shape index (κ2) is 17.9. The Labute approximate surface area is 333 Å². The van der Waals surface area contributed by atoms with Gasteiger partial charge in [-0.15, -0.1) is 0 Å². The molecule has 0 saturated carbocycles. The molecular weight excluding hydrogens is 711 g/mol. The molecule has 5 aliphatic rings. The number of benzene rings is 1. The zero-order valence-corrected chi connectivity index (χ0v) is 34.3. The molecule has 13 atom stereocenters. The van der Waals surface area contributed by atoms with E-state index in [0.717, 1.165) is 56.1 Å². The molecule has 13 unspecified atom stereocenters. The number of ether oxygens (including phenoxy) is 5. The van der Waals surface area contributed by atoms with Crippen molar-refractivity contribution in [2.45, 2.75) is 184 Å². The molecule has 0 aromatic heterocycles. The lowest BCUT2D eigenvalue weighted by Crippen LogP contribution is -2.59. The maximum Gasteiger partial charge on any atom is 0.269 e. The summed E-state index contributed by atoms with van der Waals surface area (Å²) in [5.41, 5.74) is 1.14. The normalized spacial score (nSPS) is 40.8. The van der Waals surface area contributed by atoms with Gasteiger partial charge < -0.3 is 33.9 Å². The van der Waals surface area contributed by atoms with E-state index in [4.69, 9.17) is 23.7 Å². The van der Waals surface area contributed by atoms with Gasteiger partial charge in [-0.1, -0.05) is 61.6 Å². The number of hydrogen-bond acceptors (Lipinski definition) is 9. The molecule has 56 heavy (non-hydrogen) atoms. The molecule has 5 heterocycles. The van der Waals surface area contributed by atoms with Crippen molar-refractivity contribution in [1.29, 1.82) is 0 Å². The van der Waals surface area contributed by atoms with Crippen LogP contribution < -0.4 is 0 Å². The molecule has 0 spiro atoms. The molecule has 0 aliphatic carbocycles. The molecule has 0 bridgehead atoms. The van der Waals surface area contributed by atoms with Crippen LogP contribution in [0.15, 0.2) is 78.4 Å². The van der Waals surface area contributed by atoms with Crippen molar-refractivity contribution in [3.05, 3.63) is 94.1 Å². The fourth-order valence-corrected chi connectivity index (χ4v) is 9.54. The van der Waals surface area contributed by atoms with Gasteiger partial charge in [-0.25, -0.2) is 0 Å². The monoisotopic (exact) mass is 775 g/mol. The van der Waals surface area contributed by atoms with Gasteiger partial charge in [-0.3, -0.25) is 10.1 Å². The molecule has 0 amide bonds. The van der Waals surface area contributed by atoms with Crippen molar-refractivity contribution in [3.63, 3.8) is 0 Å². The van der Waals surface area contributed by atoms with Crippen molar-refractivity contribution in [2.24, 2.45) is 5.92 Å². The van der Waals surface area contributed by atoms with E-state index in [1.54, 1.807) is 18.2 Å². The summed E-state index contributed by atoms with van der Waals surface area (Å²) in [5.74, 6) is 0.276. The lowest BCUT2D eigenvalue weighted by atomic mass is 9.79. The highest BCUT2D eigenvalue weighted by atomic mass is 16.6. The summed E-state index contributed by atoms with van der Waals surface area (Å²) < 4.78 is 34.4. The molecule has 1 aromatic rings. The van der Waals surface area contributed by atoms with Gasteiger partial charge in [0.1, 0.15) is 6.10 Å². The third kappa shape index (κ3) is 9.83. The molecule has 5 aliphatic heterocycles. The fourth-order valence-electron chi connectivity index (χ4n) is 9.54. The van der Waals surface area contributed by atoms with Crippen molar-refractivity contribution in [3.8, 4) is 0 Å². The van der Waals surface area contributed by atoms with Gasteiger partial charge in [-0.2, -0.15) is 0 Å². The predicted molar refractivity (Wildman–Crippen MR) is 218 cm³/mol. The summed E-state index contributed by atoms with van der Waals surface area (Å²) in [6.07, 6.45) is 19.4. The zero-order chi connectivity index (χ0) is 40.3. The highest BCUT2D eigenvalue weighted by Crippen LogP contribution is 2.49. The second-order valence-corrected chi connectivity index (χ2v) is 17.8. The number of aliphatic hydroxyl groups is 2. The average molecular weight is 776 g/mol. The van der Waals surface area contributed by atoms with Crippen LogP contribution in [0.25, 0.3) is 6.08 Å². The first kappa shape index (κ1) is 42.6. The molecule has 2 N–H and O–H groups in total. The first-order valence-corrected chi connectivity index (χ1v) is 20.9. The van der Waals surface area contributed by atoms with Crippen LogP contribution in [0.2, 0.25) is 0 Å². The van der Waals surface area contributed by atoms with Crippen LogP contribution in [0.1, 0.15) is 118 Å². The standard InChI is InChI=1S/C46H65NO9/c1-8-9-10-11-18-40-44(5,49)25-23-37-38(52-40)24-26-45(6)42(53-37)28-39-43(56-45)35(48)29-46(7)41(54-39)27-32(4)36(55-46)17-13-15-31(3)30(2)14-12-16-33-19-21-34(22-20-33)47(50)51/h8-10,12,14-16,19-22,32,35-43,48-49H,1,11,13,17-18,23-29H2,2-7H3. The predicted octanol–water partition coefficient (Wildman–Crippen LogP) is 8.90. The number of nitro benzene ring substituents is 1. The minimum atomic E-state index is -0.938. The molecule has 10 heteroatoms. The highest BCUT2D eigenvalue weighted by molar-refractivity contribution is 5.54. The number of non-ortho nitro benzene ring substituents is 1. The first-order valence-electron chi connectivity index (χ1n) is 20.9. The molecule has 0 radical (unpaired) electrons. The van der Waals surface area contributed by atoms with Crippen LogP contribution >= 0.6 is 0 Å². The van der Waals surface area contributed by atoms with Gasteiger partial charge in [0.05, 0.1) is 70.6 Å². The van der Waals surface area contributed by atoms with Gasteiger partial charge in [-0.05, 0) is 122 Å². The van der Waals surface area contributed by atoms with E-state index >= 15 is 0 Å². The lowest BCUT2D eigenvalue weighted by molar-refractivity contribution is -0.384. The topological polar surface area (TPSA) is 130 Å². The van der Waals surface area contributed by atoms with E-state index in [0.29, 0.717) is 25.7 Å². The van der Waals surface area contributed by atoms with Crippen LogP contribution in [0.4, 0.5) is 5.69 Å². The number of allylic oxidation sites excluding steroid dienone is 8. The summed E-state index contributed by atoms with van der Waals surface area (Å²) in [4.78, 5) is 10.5. The Morgan fingerprint density at radius 2 is 1.61 bits per heavy atom. The van der Waals surface area contributed by atoms with Crippen LogP contribution in [-0.2, 0) is 23.7 Å². The summed E-state index contributed by atoms with van der Waals surface area (Å²) >= 11 is 0. The molecule has 10 nitrogen and oxygen atoms in total. The maximum atomic E-state index is 11.8. The molecule has 308 valence electrons. The van der Waals surface area contributed by atoms with Gasteiger partial charge >= 0.3 is 0 Å². The van der Waals surface area contributed by atoms with E-state index < -0.39 is 33.9 Å². The number of nitro groups is 1. The molecule has 1 aromatic carbocycles. The van der Waals surface area contributed by atoms with E-state index in [1.165, 1.54) is 17.7 Å². The van der Waals surface area contributed by atoms with Crippen LogP contribution in [-0.4, -0.2) is 86.9 Å². The Bertz CT molecular complexity index is 1650. The SMILES string of the molecule is C=CC=CCCC1OC2CCC3(C)OC4C(O)CC5(C)OC(CCC=C(C)C(C)=CC=Cc6ccc([N+](=O)[O-])cc6)C(C)CC5OC4CC3OC2CCC1(C)O. The Balaban J connectivity index is 1.06. The maximum absolute atomic E-state index is 11.8. The summed E-state index contributed by atoms with van der Waals surface area (Å²) in [5, 5.41) is 34.2. The van der Waals surface area contributed by atoms with Gasteiger partial charge in [0.25, 0.3) is 5.69 Å². The van der Waals surface area contributed by atoms with Crippen molar-refractivity contribution < 1.29 is 38.8 Å². The van der Waals surface area contributed by atoms with Gasteiger partial charge in [0.15, 0.2) is 0 Å². The summed E-state index contributed by atoms with van der Waals surface area (Å²) in [6, 6.07) is 6.52. The van der Waals surface area contributed by atoms with E-state index in [9.17, 15) is 20.3 Å². The number of hydrogen-bond donors (Lipinski definition) is 2. The zero-order valence-electron chi connectivity index (χ0n) is 34.3. The number of fused-ring (bicyclic) bond motifs is 4. The third-order valence-corrected chi connectivity index (χ3v) is 13.3. The molecule has 5 saturated heterocycles. The quantitative estimate of drug-likeness (QED) is 0.129. The number of rotatable bonds is 11. The Kier molecular flexibility index (Phi) is 13.6. The Morgan fingerprint density at radius 1 is 0.911 bits per heavy atom. The minimum absolute atomic E-state index is 0.0293. The van der Waals surface area contributed by atoms with Crippen LogP contribution in [0, 0.1) is 16.0 Å². The molecule has 6 rings (SSSR count). The van der Waals surface area contributed by atoms with Crippen LogP contribution in [0.5, 0.6) is 0 Å². The van der Waals surface area contributed by atoms with Gasteiger partial charge in [0.2, 0.25) is 0 Å². The largest absolute Gasteiger partial charge is 0.390 e.